The summed E-state index contributed by atoms with van der Waals surface area (Å²) in [5, 5.41) is 5.44. The number of carbonyl (C=O) groups is 2. The number of carbonyl (C=O) groups excluding carboxylic acids is 2. The number of hydrogen-bond acceptors (Lipinski definition) is 4. The standard InChI is InChI=1S/C15H13N3O3/c16-10-3-1-9(2-4-10)15(20)17-11-5-6-13-12(7-11)18-14(19)8-21-13/h1-7H,8,16H2,(H,17,20)(H,18,19). The van der Waals surface area contributed by atoms with Gasteiger partial charge in [-0.3, -0.25) is 9.59 Å². The van der Waals surface area contributed by atoms with Gasteiger partial charge >= 0.3 is 0 Å². The SMILES string of the molecule is Nc1ccc(C(=O)Nc2ccc3c(c2)NC(=O)CO3)cc1. The molecule has 0 unspecified atom stereocenters. The first-order chi connectivity index (χ1) is 10.1. The van der Waals surface area contributed by atoms with Crippen molar-refractivity contribution in [3.05, 3.63) is 48.0 Å². The maximum atomic E-state index is 12.1. The van der Waals surface area contributed by atoms with Crippen LogP contribution in [0.4, 0.5) is 17.1 Å². The van der Waals surface area contributed by atoms with Crippen molar-refractivity contribution < 1.29 is 14.3 Å². The molecule has 1 aliphatic heterocycles. The zero-order valence-electron chi connectivity index (χ0n) is 11.1. The maximum absolute atomic E-state index is 12.1. The van der Waals surface area contributed by atoms with Crippen molar-refractivity contribution >= 4 is 28.9 Å². The number of ether oxygens (including phenoxy) is 1. The van der Waals surface area contributed by atoms with E-state index in [0.29, 0.717) is 28.4 Å². The summed E-state index contributed by atoms with van der Waals surface area (Å²) in [4.78, 5) is 23.4. The molecule has 2 amide bonds. The zero-order valence-corrected chi connectivity index (χ0v) is 11.1. The van der Waals surface area contributed by atoms with Gasteiger partial charge in [-0.05, 0) is 42.5 Å². The lowest BCUT2D eigenvalue weighted by molar-refractivity contribution is -0.118. The summed E-state index contributed by atoms with van der Waals surface area (Å²) in [5.74, 6) is 0.114. The van der Waals surface area contributed by atoms with Gasteiger partial charge in [0.1, 0.15) is 5.75 Å². The third-order valence-electron chi connectivity index (χ3n) is 3.04. The van der Waals surface area contributed by atoms with Crippen molar-refractivity contribution in [1.29, 1.82) is 0 Å². The van der Waals surface area contributed by atoms with Crippen LogP contribution >= 0.6 is 0 Å². The molecule has 4 N–H and O–H groups in total. The van der Waals surface area contributed by atoms with Crippen LogP contribution in [-0.4, -0.2) is 18.4 Å². The Morgan fingerprint density at radius 3 is 2.71 bits per heavy atom. The fraction of sp³-hybridized carbons (Fsp3) is 0.0667. The first kappa shape index (κ1) is 13.0. The van der Waals surface area contributed by atoms with Crippen LogP contribution in [0.15, 0.2) is 42.5 Å². The van der Waals surface area contributed by atoms with Crippen molar-refractivity contribution in [2.45, 2.75) is 0 Å². The summed E-state index contributed by atoms with van der Waals surface area (Å²) in [6.07, 6.45) is 0. The Morgan fingerprint density at radius 2 is 1.95 bits per heavy atom. The Morgan fingerprint density at radius 1 is 1.19 bits per heavy atom. The van der Waals surface area contributed by atoms with Crippen LogP contribution < -0.4 is 21.1 Å². The molecule has 2 aromatic carbocycles. The van der Waals surface area contributed by atoms with Crippen molar-refractivity contribution in [2.75, 3.05) is 23.0 Å². The van der Waals surface area contributed by atoms with Crippen LogP contribution in [-0.2, 0) is 4.79 Å². The van der Waals surface area contributed by atoms with Crippen LogP contribution in [0.3, 0.4) is 0 Å². The van der Waals surface area contributed by atoms with Gasteiger partial charge in [-0.15, -0.1) is 0 Å². The predicted molar refractivity (Wildman–Crippen MR) is 79.4 cm³/mol. The number of nitrogens with two attached hydrogens (primary N) is 1. The van der Waals surface area contributed by atoms with Gasteiger partial charge in [0, 0.05) is 16.9 Å². The summed E-state index contributed by atoms with van der Waals surface area (Å²) in [7, 11) is 0. The molecule has 0 bridgehead atoms. The molecule has 6 nitrogen and oxygen atoms in total. The summed E-state index contributed by atoms with van der Waals surface area (Å²) < 4.78 is 5.25. The minimum atomic E-state index is -0.252. The van der Waals surface area contributed by atoms with Crippen LogP contribution in [0.1, 0.15) is 10.4 Å². The van der Waals surface area contributed by atoms with Crippen LogP contribution in [0.2, 0.25) is 0 Å². The Labute approximate surface area is 120 Å². The third kappa shape index (κ3) is 2.79. The van der Waals surface area contributed by atoms with Crippen LogP contribution in [0.5, 0.6) is 5.75 Å². The molecule has 1 aliphatic rings. The molecule has 1 heterocycles. The molecule has 6 heteroatoms. The molecular weight excluding hydrogens is 270 g/mol. The summed E-state index contributed by atoms with van der Waals surface area (Å²) in [5.41, 5.74) is 7.80. The normalized spacial score (nSPS) is 12.9. The molecular formula is C15H13N3O3. The number of hydrogen-bond donors (Lipinski definition) is 3. The summed E-state index contributed by atoms with van der Waals surface area (Å²) in [6.45, 7) is 0.00411. The molecule has 0 radical (unpaired) electrons. The molecule has 3 rings (SSSR count). The fourth-order valence-electron chi connectivity index (χ4n) is 2.00. The van der Waals surface area contributed by atoms with E-state index in [1.165, 1.54) is 0 Å². The highest BCUT2D eigenvalue weighted by atomic mass is 16.5. The molecule has 0 spiro atoms. The second-order valence-corrected chi connectivity index (χ2v) is 4.62. The Hall–Kier alpha value is -3.02. The monoisotopic (exact) mass is 283 g/mol. The van der Waals surface area contributed by atoms with Gasteiger partial charge < -0.3 is 21.1 Å². The Kier molecular flexibility index (Phi) is 3.19. The number of benzene rings is 2. The molecule has 106 valence electrons. The zero-order chi connectivity index (χ0) is 14.8. The van der Waals surface area contributed by atoms with E-state index >= 15 is 0 Å². The molecule has 0 aromatic heterocycles. The molecule has 0 aliphatic carbocycles. The second kappa shape index (κ2) is 5.16. The van der Waals surface area contributed by atoms with Crippen molar-refractivity contribution in [3.8, 4) is 5.75 Å². The smallest absolute Gasteiger partial charge is 0.262 e. The number of rotatable bonds is 2. The minimum absolute atomic E-state index is 0.00411. The summed E-state index contributed by atoms with van der Waals surface area (Å²) >= 11 is 0. The van der Waals surface area contributed by atoms with Crippen LogP contribution in [0.25, 0.3) is 0 Å². The van der Waals surface area contributed by atoms with Gasteiger partial charge in [-0.25, -0.2) is 0 Å². The lowest BCUT2D eigenvalue weighted by Gasteiger charge is -2.18. The number of nitrogen functional groups attached to an aromatic ring is 1. The van der Waals surface area contributed by atoms with E-state index in [0.717, 1.165) is 0 Å². The Bertz CT molecular complexity index is 711. The topological polar surface area (TPSA) is 93.5 Å². The molecule has 0 saturated heterocycles. The molecule has 0 fully saturated rings. The minimum Gasteiger partial charge on any atom is -0.482 e. The van der Waals surface area contributed by atoms with E-state index in [9.17, 15) is 9.59 Å². The number of fused-ring (bicyclic) bond motifs is 1. The van der Waals surface area contributed by atoms with E-state index < -0.39 is 0 Å². The van der Waals surface area contributed by atoms with Gasteiger partial charge in [0.25, 0.3) is 11.8 Å². The van der Waals surface area contributed by atoms with E-state index in [1.54, 1.807) is 42.5 Å². The summed E-state index contributed by atoms with van der Waals surface area (Å²) in [6, 6.07) is 11.7. The molecule has 0 atom stereocenters. The molecule has 21 heavy (non-hydrogen) atoms. The maximum Gasteiger partial charge on any atom is 0.262 e. The quantitative estimate of drug-likeness (QED) is 0.733. The average Bonchev–Trinajstić information content (AvgIpc) is 2.47. The van der Waals surface area contributed by atoms with E-state index in [1.807, 2.05) is 0 Å². The second-order valence-electron chi connectivity index (χ2n) is 4.62. The highest BCUT2D eigenvalue weighted by Crippen LogP contribution is 2.30. The van der Waals surface area contributed by atoms with Gasteiger partial charge in [0.2, 0.25) is 0 Å². The number of nitrogens with one attached hydrogen (secondary N) is 2. The van der Waals surface area contributed by atoms with Crippen molar-refractivity contribution in [2.24, 2.45) is 0 Å². The lowest BCUT2D eigenvalue weighted by atomic mass is 10.2. The highest BCUT2D eigenvalue weighted by Gasteiger charge is 2.16. The predicted octanol–water partition coefficient (Wildman–Crippen LogP) is 1.85. The van der Waals surface area contributed by atoms with E-state index in [4.69, 9.17) is 10.5 Å². The largest absolute Gasteiger partial charge is 0.482 e. The van der Waals surface area contributed by atoms with Gasteiger partial charge in [0.15, 0.2) is 6.61 Å². The Balaban J connectivity index is 1.79. The van der Waals surface area contributed by atoms with Crippen molar-refractivity contribution in [3.63, 3.8) is 0 Å². The fourth-order valence-corrected chi connectivity index (χ4v) is 2.00. The van der Waals surface area contributed by atoms with E-state index in [2.05, 4.69) is 10.6 Å². The number of anilines is 3. The first-order valence-corrected chi connectivity index (χ1v) is 6.35. The highest BCUT2D eigenvalue weighted by molar-refractivity contribution is 6.05. The lowest BCUT2D eigenvalue weighted by Crippen LogP contribution is -2.25. The molecule has 2 aromatic rings. The van der Waals surface area contributed by atoms with Crippen LogP contribution in [0, 0.1) is 0 Å². The molecule has 0 saturated carbocycles. The van der Waals surface area contributed by atoms with Gasteiger partial charge in [-0.1, -0.05) is 0 Å². The van der Waals surface area contributed by atoms with Gasteiger partial charge in [0.05, 0.1) is 5.69 Å². The number of amides is 2. The van der Waals surface area contributed by atoms with Gasteiger partial charge in [-0.2, -0.15) is 0 Å². The van der Waals surface area contributed by atoms with Crippen molar-refractivity contribution in [1.82, 2.24) is 0 Å². The first-order valence-electron chi connectivity index (χ1n) is 6.35. The van der Waals surface area contributed by atoms with E-state index in [-0.39, 0.29) is 18.4 Å². The third-order valence-corrected chi connectivity index (χ3v) is 3.04. The average molecular weight is 283 g/mol.